The molecule has 2 aromatic heterocycles. The average Bonchev–Trinajstić information content (AvgIpc) is 3.24. The summed E-state index contributed by atoms with van der Waals surface area (Å²) in [6.07, 6.45) is 0.826. The van der Waals surface area contributed by atoms with Crippen LogP contribution in [-0.2, 0) is 9.84 Å². The molecule has 0 aliphatic carbocycles. The van der Waals surface area contributed by atoms with Crippen molar-refractivity contribution in [3.8, 4) is 10.8 Å². The molecular formula is C17H17BrN2O3S2. The number of thiophene rings is 1. The van der Waals surface area contributed by atoms with E-state index < -0.39 is 9.84 Å². The zero-order valence-electron chi connectivity index (χ0n) is 13.7. The van der Waals surface area contributed by atoms with E-state index in [1.54, 1.807) is 24.3 Å². The van der Waals surface area contributed by atoms with Crippen LogP contribution in [0.5, 0.6) is 0 Å². The Hall–Kier alpha value is -1.64. The summed E-state index contributed by atoms with van der Waals surface area (Å²) in [5.74, 6) is 0.483. The number of halogens is 1. The van der Waals surface area contributed by atoms with Crippen LogP contribution in [0.25, 0.3) is 10.8 Å². The van der Waals surface area contributed by atoms with Gasteiger partial charge in [-0.2, -0.15) is 4.98 Å². The number of anilines is 1. The van der Waals surface area contributed by atoms with Gasteiger partial charge in [-0.05, 0) is 49.1 Å². The zero-order valence-corrected chi connectivity index (χ0v) is 16.9. The predicted octanol–water partition coefficient (Wildman–Crippen LogP) is 5.21. The maximum atomic E-state index is 13.0. The Kier molecular flexibility index (Phi) is 5.31. The molecule has 1 unspecified atom stereocenters. The fraction of sp³-hybridized carbons (Fsp3) is 0.235. The van der Waals surface area contributed by atoms with E-state index in [9.17, 15) is 8.42 Å². The summed E-state index contributed by atoms with van der Waals surface area (Å²) in [6.45, 7) is 3.97. The van der Waals surface area contributed by atoms with Crippen LogP contribution in [0, 0.1) is 0 Å². The van der Waals surface area contributed by atoms with Crippen molar-refractivity contribution >= 4 is 43.0 Å². The van der Waals surface area contributed by atoms with Crippen LogP contribution in [-0.4, -0.2) is 19.4 Å². The predicted molar refractivity (Wildman–Crippen MR) is 103 cm³/mol. The van der Waals surface area contributed by atoms with Gasteiger partial charge in [-0.1, -0.05) is 28.9 Å². The van der Waals surface area contributed by atoms with Crippen molar-refractivity contribution < 1.29 is 12.8 Å². The summed E-state index contributed by atoms with van der Waals surface area (Å²) in [4.78, 5) is 5.25. The van der Waals surface area contributed by atoms with Gasteiger partial charge in [-0.3, -0.25) is 0 Å². The molecule has 3 rings (SSSR count). The standard InChI is InChI=1S/C17H17BrN2O3S2/c1-3-11(2)19-16-17(20-15(23-16)14-5-4-10-24-14)25(21,22)13-8-6-12(18)7-9-13/h4-11,19H,3H2,1-2H3. The van der Waals surface area contributed by atoms with E-state index in [1.807, 2.05) is 31.4 Å². The molecule has 0 radical (unpaired) electrons. The van der Waals surface area contributed by atoms with Crippen LogP contribution in [0.1, 0.15) is 20.3 Å². The van der Waals surface area contributed by atoms with Crippen LogP contribution in [0.4, 0.5) is 5.88 Å². The largest absolute Gasteiger partial charge is 0.418 e. The number of nitrogens with zero attached hydrogens (tertiary/aromatic N) is 1. The first-order valence-corrected chi connectivity index (χ1v) is 10.9. The first-order valence-electron chi connectivity index (χ1n) is 7.73. The minimum atomic E-state index is -3.79. The van der Waals surface area contributed by atoms with Crippen LogP contribution in [0.2, 0.25) is 0 Å². The number of benzene rings is 1. The third-order valence-electron chi connectivity index (χ3n) is 3.70. The van der Waals surface area contributed by atoms with Gasteiger partial charge in [-0.25, -0.2) is 8.42 Å². The molecule has 1 atom stereocenters. The van der Waals surface area contributed by atoms with E-state index >= 15 is 0 Å². The summed E-state index contributed by atoms with van der Waals surface area (Å²) in [7, 11) is -3.79. The molecule has 0 amide bonds. The van der Waals surface area contributed by atoms with Gasteiger partial charge in [-0.15, -0.1) is 11.3 Å². The number of hydrogen-bond acceptors (Lipinski definition) is 6. The summed E-state index contributed by atoms with van der Waals surface area (Å²) in [5.41, 5.74) is 0. The van der Waals surface area contributed by atoms with Gasteiger partial charge in [0.25, 0.3) is 0 Å². The fourth-order valence-electron chi connectivity index (χ4n) is 2.14. The van der Waals surface area contributed by atoms with Crippen LogP contribution in [0.3, 0.4) is 0 Å². The van der Waals surface area contributed by atoms with E-state index in [0.717, 1.165) is 15.8 Å². The smallest absolute Gasteiger partial charge is 0.240 e. The lowest BCUT2D eigenvalue weighted by Crippen LogP contribution is -2.15. The number of nitrogens with one attached hydrogen (secondary N) is 1. The number of hydrogen-bond donors (Lipinski definition) is 1. The molecule has 0 fully saturated rings. The molecule has 1 N–H and O–H groups in total. The SMILES string of the molecule is CCC(C)Nc1oc(-c2cccs2)nc1S(=O)(=O)c1ccc(Br)cc1. The molecule has 2 heterocycles. The minimum Gasteiger partial charge on any atom is -0.418 e. The van der Waals surface area contributed by atoms with Crippen LogP contribution < -0.4 is 5.32 Å². The molecule has 5 nitrogen and oxygen atoms in total. The lowest BCUT2D eigenvalue weighted by atomic mass is 10.3. The number of oxazole rings is 1. The molecule has 0 bridgehead atoms. The van der Waals surface area contributed by atoms with Gasteiger partial charge in [0.2, 0.25) is 26.6 Å². The second-order valence-electron chi connectivity index (χ2n) is 5.54. The molecule has 0 aliphatic rings. The first-order chi connectivity index (χ1) is 11.9. The molecular weight excluding hydrogens is 424 g/mol. The topological polar surface area (TPSA) is 72.2 Å². The van der Waals surface area contributed by atoms with Crippen molar-refractivity contribution in [1.82, 2.24) is 4.98 Å². The van der Waals surface area contributed by atoms with Gasteiger partial charge < -0.3 is 9.73 Å². The lowest BCUT2D eigenvalue weighted by molar-refractivity contribution is 0.567. The minimum absolute atomic E-state index is 0.0583. The third kappa shape index (κ3) is 3.80. The van der Waals surface area contributed by atoms with Crippen molar-refractivity contribution in [2.75, 3.05) is 5.32 Å². The molecule has 25 heavy (non-hydrogen) atoms. The Morgan fingerprint density at radius 1 is 1.28 bits per heavy atom. The van der Waals surface area contributed by atoms with E-state index in [1.165, 1.54) is 11.3 Å². The van der Waals surface area contributed by atoms with Gasteiger partial charge in [0.15, 0.2) is 0 Å². The van der Waals surface area contributed by atoms with E-state index in [2.05, 4.69) is 26.2 Å². The molecule has 0 aliphatic heterocycles. The highest BCUT2D eigenvalue weighted by Gasteiger charge is 2.29. The summed E-state index contributed by atoms with van der Waals surface area (Å²) >= 11 is 4.76. The molecule has 8 heteroatoms. The fourth-order valence-corrected chi connectivity index (χ4v) is 4.32. The Morgan fingerprint density at radius 2 is 2.00 bits per heavy atom. The Labute approximate surface area is 159 Å². The monoisotopic (exact) mass is 440 g/mol. The summed E-state index contributed by atoms with van der Waals surface area (Å²) in [6, 6.07) is 10.2. The van der Waals surface area contributed by atoms with Gasteiger partial charge >= 0.3 is 0 Å². The molecule has 132 valence electrons. The molecule has 3 aromatic rings. The van der Waals surface area contributed by atoms with Gasteiger partial charge in [0.05, 0.1) is 9.77 Å². The van der Waals surface area contributed by atoms with Gasteiger partial charge in [0.1, 0.15) is 0 Å². The Bertz CT molecular complexity index is 948. The maximum absolute atomic E-state index is 13.0. The van der Waals surface area contributed by atoms with Crippen molar-refractivity contribution in [3.63, 3.8) is 0 Å². The van der Waals surface area contributed by atoms with Crippen LogP contribution >= 0.6 is 27.3 Å². The number of aromatic nitrogens is 1. The molecule has 0 saturated carbocycles. The van der Waals surface area contributed by atoms with Crippen molar-refractivity contribution in [2.45, 2.75) is 36.2 Å². The van der Waals surface area contributed by atoms with E-state index in [-0.39, 0.29) is 21.8 Å². The van der Waals surface area contributed by atoms with E-state index in [0.29, 0.717) is 5.89 Å². The molecule has 0 saturated heterocycles. The van der Waals surface area contributed by atoms with Crippen LogP contribution in [0.15, 0.2) is 60.6 Å². The number of rotatable bonds is 6. The van der Waals surface area contributed by atoms with Gasteiger partial charge in [0, 0.05) is 10.5 Å². The van der Waals surface area contributed by atoms with Crippen molar-refractivity contribution in [3.05, 3.63) is 46.3 Å². The molecule has 0 spiro atoms. The second-order valence-corrected chi connectivity index (χ2v) is 9.27. The lowest BCUT2D eigenvalue weighted by Gasteiger charge is -2.11. The number of sulfone groups is 1. The molecule has 1 aromatic carbocycles. The summed E-state index contributed by atoms with van der Waals surface area (Å²) in [5, 5.41) is 4.93. The van der Waals surface area contributed by atoms with E-state index in [4.69, 9.17) is 4.42 Å². The average molecular weight is 441 g/mol. The zero-order chi connectivity index (χ0) is 18.0. The quantitative estimate of drug-likeness (QED) is 0.569. The summed E-state index contributed by atoms with van der Waals surface area (Å²) < 4.78 is 32.7. The Balaban J connectivity index is 2.10. The Morgan fingerprint density at radius 3 is 2.60 bits per heavy atom. The van der Waals surface area contributed by atoms with Crippen molar-refractivity contribution in [2.24, 2.45) is 0 Å². The highest BCUT2D eigenvalue weighted by molar-refractivity contribution is 9.10. The third-order valence-corrected chi connectivity index (χ3v) is 6.76. The maximum Gasteiger partial charge on any atom is 0.240 e. The first kappa shape index (κ1) is 18.2. The highest BCUT2D eigenvalue weighted by Crippen LogP contribution is 2.34. The second kappa shape index (κ2) is 7.31. The highest BCUT2D eigenvalue weighted by atomic mass is 79.9. The normalized spacial score (nSPS) is 12.9. The van der Waals surface area contributed by atoms with Crippen molar-refractivity contribution in [1.29, 1.82) is 0 Å².